The molecule has 1 aliphatic heterocycles. The molecule has 1 saturated heterocycles. The van der Waals surface area contributed by atoms with E-state index in [9.17, 15) is 14.0 Å². The van der Waals surface area contributed by atoms with Gasteiger partial charge in [0.25, 0.3) is 6.17 Å². The highest BCUT2D eigenvalue weighted by atomic mass is 19.1. The van der Waals surface area contributed by atoms with Gasteiger partial charge in [0.05, 0.1) is 7.11 Å². The lowest BCUT2D eigenvalue weighted by molar-refractivity contribution is -0.152. The van der Waals surface area contributed by atoms with Crippen LogP contribution < -0.4 is 5.32 Å². The molecule has 0 amide bonds. The fourth-order valence-electron chi connectivity index (χ4n) is 1.53. The normalized spacial score (nSPS) is 20.1. The number of alkyl halides is 1. The second-order valence-electron chi connectivity index (χ2n) is 3.31. The molecule has 1 N–H and O–H groups in total. The number of piperidine rings is 1. The molecule has 1 atom stereocenters. The first-order valence-corrected chi connectivity index (χ1v) is 4.63. The predicted molar refractivity (Wildman–Crippen MR) is 47.5 cm³/mol. The molecule has 1 heterocycles. The van der Waals surface area contributed by atoms with E-state index in [0.717, 1.165) is 7.11 Å². The summed E-state index contributed by atoms with van der Waals surface area (Å²) in [4.78, 5) is 22.2. The van der Waals surface area contributed by atoms with E-state index >= 15 is 0 Å². The number of hydrogen-bond acceptors (Lipinski definition) is 4. The van der Waals surface area contributed by atoms with Gasteiger partial charge >= 0.3 is 5.97 Å². The smallest absolute Gasteiger partial charge is 0.348 e. The lowest BCUT2D eigenvalue weighted by Gasteiger charge is -2.21. The maximum atomic E-state index is 13.1. The molecule has 4 nitrogen and oxygen atoms in total. The van der Waals surface area contributed by atoms with Crippen LogP contribution in [-0.2, 0) is 14.3 Å². The van der Waals surface area contributed by atoms with Crippen molar-refractivity contribution >= 4 is 11.8 Å². The van der Waals surface area contributed by atoms with Crippen LogP contribution in [0.25, 0.3) is 0 Å². The van der Waals surface area contributed by atoms with Gasteiger partial charge in [0.15, 0.2) is 5.78 Å². The second kappa shape index (κ2) is 5.05. The molecule has 1 fully saturated rings. The quantitative estimate of drug-likeness (QED) is 0.521. The average molecular weight is 203 g/mol. The van der Waals surface area contributed by atoms with Gasteiger partial charge in [-0.25, -0.2) is 9.18 Å². The van der Waals surface area contributed by atoms with Crippen molar-refractivity contribution in [2.24, 2.45) is 5.92 Å². The summed E-state index contributed by atoms with van der Waals surface area (Å²) in [5.74, 6) is -2.07. The number of esters is 1. The standard InChI is InChI=1S/C9H14FNO3/c1-14-9(13)7(10)8(12)6-2-4-11-5-3-6/h6-7,11H,2-5H2,1H3. The molecule has 14 heavy (non-hydrogen) atoms. The summed E-state index contributed by atoms with van der Waals surface area (Å²) in [6.07, 6.45) is -0.921. The predicted octanol–water partition coefficient (Wildman–Crippen LogP) is 0.0662. The number of halogens is 1. The molecule has 0 radical (unpaired) electrons. The number of hydrogen-bond donors (Lipinski definition) is 1. The minimum absolute atomic E-state index is 0.342. The monoisotopic (exact) mass is 203 g/mol. The molecule has 0 aromatic rings. The van der Waals surface area contributed by atoms with Crippen molar-refractivity contribution in [1.82, 2.24) is 5.32 Å². The molecule has 0 bridgehead atoms. The van der Waals surface area contributed by atoms with Gasteiger partial charge in [-0.1, -0.05) is 0 Å². The number of ether oxygens (including phenoxy) is 1. The molecular weight excluding hydrogens is 189 g/mol. The van der Waals surface area contributed by atoms with Gasteiger partial charge in [-0.05, 0) is 25.9 Å². The average Bonchev–Trinajstić information content (AvgIpc) is 2.27. The molecule has 1 aliphatic rings. The molecule has 0 aromatic heterocycles. The fraction of sp³-hybridized carbons (Fsp3) is 0.778. The number of Topliss-reactive ketones (excluding diaryl/α,β-unsaturated/α-hetero) is 1. The Labute approximate surface area is 81.8 Å². The third kappa shape index (κ3) is 2.51. The maximum absolute atomic E-state index is 13.1. The Balaban J connectivity index is 2.50. The van der Waals surface area contributed by atoms with Crippen molar-refractivity contribution < 1.29 is 18.7 Å². The first-order chi connectivity index (χ1) is 6.66. The van der Waals surface area contributed by atoms with Gasteiger partial charge in [-0.3, -0.25) is 4.79 Å². The minimum Gasteiger partial charge on any atom is -0.467 e. The van der Waals surface area contributed by atoms with Crippen molar-refractivity contribution in [3.63, 3.8) is 0 Å². The van der Waals surface area contributed by atoms with Gasteiger partial charge < -0.3 is 10.1 Å². The summed E-state index contributed by atoms with van der Waals surface area (Å²) < 4.78 is 17.3. The van der Waals surface area contributed by atoms with Gasteiger partial charge in [0.1, 0.15) is 0 Å². The highest BCUT2D eigenvalue weighted by molar-refractivity contribution is 6.02. The number of rotatable bonds is 3. The zero-order valence-corrected chi connectivity index (χ0v) is 8.09. The van der Waals surface area contributed by atoms with E-state index in [2.05, 4.69) is 10.1 Å². The Morgan fingerprint density at radius 3 is 2.50 bits per heavy atom. The molecule has 5 heteroatoms. The molecule has 0 spiro atoms. The zero-order chi connectivity index (χ0) is 10.6. The van der Waals surface area contributed by atoms with E-state index < -0.39 is 17.9 Å². The van der Waals surface area contributed by atoms with Gasteiger partial charge in [-0.2, -0.15) is 0 Å². The summed E-state index contributed by atoms with van der Waals surface area (Å²) in [5.41, 5.74) is 0. The van der Waals surface area contributed by atoms with E-state index in [1.807, 2.05) is 0 Å². The summed E-state index contributed by atoms with van der Waals surface area (Å²) in [7, 11) is 1.07. The number of methoxy groups -OCH3 is 1. The summed E-state index contributed by atoms with van der Waals surface area (Å²) in [6.45, 7) is 1.40. The van der Waals surface area contributed by atoms with Crippen LogP contribution in [0.15, 0.2) is 0 Å². The Hall–Kier alpha value is -0.970. The third-order valence-corrected chi connectivity index (χ3v) is 2.40. The molecule has 1 unspecified atom stereocenters. The van der Waals surface area contributed by atoms with Crippen LogP contribution in [0.5, 0.6) is 0 Å². The van der Waals surface area contributed by atoms with E-state index in [0.29, 0.717) is 25.9 Å². The molecule has 80 valence electrons. The maximum Gasteiger partial charge on any atom is 0.348 e. The topological polar surface area (TPSA) is 55.4 Å². The molecule has 0 aromatic carbocycles. The van der Waals surface area contributed by atoms with Crippen molar-refractivity contribution in [1.29, 1.82) is 0 Å². The third-order valence-electron chi connectivity index (χ3n) is 2.40. The summed E-state index contributed by atoms with van der Waals surface area (Å²) in [6, 6.07) is 0. The first kappa shape index (κ1) is 11.1. The van der Waals surface area contributed by atoms with Crippen LogP contribution in [-0.4, -0.2) is 38.1 Å². The number of ketones is 1. The van der Waals surface area contributed by atoms with Crippen molar-refractivity contribution in [2.75, 3.05) is 20.2 Å². The van der Waals surface area contributed by atoms with Crippen molar-refractivity contribution in [3.05, 3.63) is 0 Å². The summed E-state index contributed by atoms with van der Waals surface area (Å²) >= 11 is 0. The lowest BCUT2D eigenvalue weighted by Crippen LogP contribution is -2.38. The Bertz CT molecular complexity index is 226. The van der Waals surface area contributed by atoms with Gasteiger partial charge in [-0.15, -0.1) is 0 Å². The van der Waals surface area contributed by atoms with E-state index in [1.165, 1.54) is 0 Å². The summed E-state index contributed by atoms with van der Waals surface area (Å²) in [5, 5.41) is 3.06. The lowest BCUT2D eigenvalue weighted by atomic mass is 9.91. The fourth-order valence-corrected chi connectivity index (χ4v) is 1.53. The Kier molecular flexibility index (Phi) is 4.00. The van der Waals surface area contributed by atoms with Crippen molar-refractivity contribution in [3.8, 4) is 0 Å². The second-order valence-corrected chi connectivity index (χ2v) is 3.31. The number of nitrogens with one attached hydrogen (secondary N) is 1. The number of carbonyl (C=O) groups excluding carboxylic acids is 2. The zero-order valence-electron chi connectivity index (χ0n) is 8.09. The largest absolute Gasteiger partial charge is 0.467 e. The van der Waals surface area contributed by atoms with Crippen LogP contribution >= 0.6 is 0 Å². The first-order valence-electron chi connectivity index (χ1n) is 4.63. The molecule has 1 rings (SSSR count). The van der Waals surface area contributed by atoms with E-state index in [4.69, 9.17) is 0 Å². The minimum atomic E-state index is -2.11. The van der Waals surface area contributed by atoms with Gasteiger partial charge in [0.2, 0.25) is 0 Å². The SMILES string of the molecule is COC(=O)C(F)C(=O)C1CCNCC1. The van der Waals surface area contributed by atoms with E-state index in [-0.39, 0.29) is 5.92 Å². The Morgan fingerprint density at radius 2 is 2.00 bits per heavy atom. The molecular formula is C9H14FNO3. The Morgan fingerprint density at radius 1 is 1.43 bits per heavy atom. The van der Waals surface area contributed by atoms with Gasteiger partial charge in [0, 0.05) is 5.92 Å². The molecule has 0 saturated carbocycles. The van der Waals surface area contributed by atoms with Crippen LogP contribution in [0.3, 0.4) is 0 Å². The number of carbonyl (C=O) groups is 2. The molecule has 0 aliphatic carbocycles. The van der Waals surface area contributed by atoms with Crippen LogP contribution in [0, 0.1) is 5.92 Å². The highest BCUT2D eigenvalue weighted by Crippen LogP contribution is 2.16. The van der Waals surface area contributed by atoms with E-state index in [1.54, 1.807) is 0 Å². The van der Waals surface area contributed by atoms with Crippen LogP contribution in [0.1, 0.15) is 12.8 Å². The van der Waals surface area contributed by atoms with Crippen LogP contribution in [0.2, 0.25) is 0 Å². The van der Waals surface area contributed by atoms with Crippen molar-refractivity contribution in [2.45, 2.75) is 19.0 Å². The van der Waals surface area contributed by atoms with Crippen LogP contribution in [0.4, 0.5) is 4.39 Å². The highest BCUT2D eigenvalue weighted by Gasteiger charge is 2.33.